The van der Waals surface area contributed by atoms with Crippen LogP contribution in [0.1, 0.15) is 67.7 Å². The fourth-order valence-electron chi connectivity index (χ4n) is 4.54. The maximum absolute atomic E-state index is 13.1. The molecule has 4 rings (SSSR count). The minimum atomic E-state index is -0.375. The van der Waals surface area contributed by atoms with Crippen LogP contribution in [-0.2, 0) is 6.42 Å². The van der Waals surface area contributed by atoms with Crippen LogP contribution in [0.4, 0.5) is 0 Å². The average Bonchev–Trinajstić information content (AvgIpc) is 3.29. The Hall–Kier alpha value is -2.48. The zero-order chi connectivity index (χ0) is 20.1. The molecule has 150 valence electrons. The van der Waals surface area contributed by atoms with Crippen molar-refractivity contribution in [2.45, 2.75) is 58.4 Å². The molecule has 1 saturated carbocycles. The molecule has 8 heteroatoms. The first-order valence-electron chi connectivity index (χ1n) is 9.88. The van der Waals surface area contributed by atoms with Crippen LogP contribution in [0, 0.1) is 16.5 Å². The molecule has 0 bridgehead atoms. The molecule has 2 aliphatic rings. The third-order valence-corrected chi connectivity index (χ3v) is 6.13. The lowest BCUT2D eigenvalue weighted by atomic mass is 9.87. The Balaban J connectivity index is 1.75. The summed E-state index contributed by atoms with van der Waals surface area (Å²) in [5.41, 5.74) is 2.08. The van der Waals surface area contributed by atoms with Gasteiger partial charge in [-0.15, -0.1) is 0 Å². The van der Waals surface area contributed by atoms with Gasteiger partial charge in [0.15, 0.2) is 11.9 Å². The molecular formula is C20H27N5O3. The quantitative estimate of drug-likeness (QED) is 0.612. The number of nitrogens with one attached hydrogen (secondary N) is 1. The van der Waals surface area contributed by atoms with Gasteiger partial charge in [0.05, 0.1) is 24.5 Å². The highest BCUT2D eigenvalue weighted by molar-refractivity contribution is 5.94. The number of fused-ring (bicyclic) bond motifs is 3. The second-order valence-electron chi connectivity index (χ2n) is 8.97. The van der Waals surface area contributed by atoms with E-state index in [-0.39, 0.29) is 24.0 Å². The third kappa shape index (κ3) is 3.15. The predicted octanol–water partition coefficient (Wildman–Crippen LogP) is 1.48. The summed E-state index contributed by atoms with van der Waals surface area (Å²) in [6.45, 7) is 5.78. The number of carbonyl (C=O) groups is 1. The molecule has 0 radical (unpaired) electrons. The van der Waals surface area contributed by atoms with Gasteiger partial charge in [0.1, 0.15) is 0 Å². The standard InChI is InChI=1S/C20H27N5O3/c1-20(2,3)15(11-26)22-19(27)17-14-9-12-5-4-6-13(12)18(14)25(23-17)16-10-24(28)8-7-21-16/h7-8,10,12-13,15,26H,4-6,9,11H2,1-3H3,(H,22,27)/t12-,13-,15+/m0/s1. The highest BCUT2D eigenvalue weighted by atomic mass is 16.5. The summed E-state index contributed by atoms with van der Waals surface area (Å²) in [4.78, 5) is 17.4. The third-order valence-electron chi connectivity index (χ3n) is 6.13. The van der Waals surface area contributed by atoms with Crippen molar-refractivity contribution in [3.05, 3.63) is 40.7 Å². The maximum Gasteiger partial charge on any atom is 0.272 e. The van der Waals surface area contributed by atoms with E-state index in [4.69, 9.17) is 0 Å². The van der Waals surface area contributed by atoms with Gasteiger partial charge in [-0.2, -0.15) is 9.83 Å². The highest BCUT2D eigenvalue weighted by Crippen LogP contribution is 2.49. The Morgan fingerprint density at radius 3 is 2.93 bits per heavy atom. The van der Waals surface area contributed by atoms with Gasteiger partial charge in [0.2, 0.25) is 12.0 Å². The number of amides is 1. The number of carbonyl (C=O) groups excluding carboxylic acids is 1. The van der Waals surface area contributed by atoms with Crippen LogP contribution in [0.3, 0.4) is 0 Å². The number of aromatic nitrogens is 4. The van der Waals surface area contributed by atoms with Crippen molar-refractivity contribution >= 4 is 5.91 Å². The lowest BCUT2D eigenvalue weighted by Crippen LogP contribution is -2.46. The van der Waals surface area contributed by atoms with Crippen LogP contribution < -0.4 is 10.0 Å². The lowest BCUT2D eigenvalue weighted by molar-refractivity contribution is -0.605. The van der Waals surface area contributed by atoms with Crippen LogP contribution >= 0.6 is 0 Å². The molecule has 0 aliphatic heterocycles. The van der Waals surface area contributed by atoms with Crippen LogP contribution in [0.25, 0.3) is 5.82 Å². The molecule has 2 aromatic heterocycles. The van der Waals surface area contributed by atoms with Crippen LogP contribution in [0.2, 0.25) is 0 Å². The first-order valence-corrected chi connectivity index (χ1v) is 9.88. The zero-order valence-electron chi connectivity index (χ0n) is 16.6. The predicted molar refractivity (Wildman–Crippen MR) is 102 cm³/mol. The molecule has 2 aromatic rings. The average molecular weight is 385 g/mol. The van der Waals surface area contributed by atoms with Crippen LogP contribution in [0.5, 0.6) is 0 Å². The highest BCUT2D eigenvalue weighted by Gasteiger charge is 2.43. The number of hydrogen-bond acceptors (Lipinski definition) is 5. The fraction of sp³-hybridized carbons (Fsp3) is 0.600. The molecule has 0 saturated heterocycles. The largest absolute Gasteiger partial charge is 0.619 e. The first-order chi connectivity index (χ1) is 13.3. The smallest absolute Gasteiger partial charge is 0.272 e. The van der Waals surface area contributed by atoms with Crippen molar-refractivity contribution in [2.75, 3.05) is 6.61 Å². The summed E-state index contributed by atoms with van der Waals surface area (Å²) >= 11 is 0. The number of nitrogens with zero attached hydrogens (tertiary/aromatic N) is 4. The Morgan fingerprint density at radius 2 is 2.25 bits per heavy atom. The molecule has 0 unspecified atom stereocenters. The summed E-state index contributed by atoms with van der Waals surface area (Å²) in [6, 6.07) is -0.375. The molecule has 8 nitrogen and oxygen atoms in total. The van der Waals surface area contributed by atoms with Crippen molar-refractivity contribution in [3.8, 4) is 5.82 Å². The lowest BCUT2D eigenvalue weighted by Gasteiger charge is -2.29. The van der Waals surface area contributed by atoms with E-state index in [1.54, 1.807) is 4.68 Å². The van der Waals surface area contributed by atoms with Crippen molar-refractivity contribution in [3.63, 3.8) is 0 Å². The van der Waals surface area contributed by atoms with Gasteiger partial charge in [0.25, 0.3) is 5.91 Å². The van der Waals surface area contributed by atoms with E-state index in [9.17, 15) is 15.1 Å². The molecule has 0 spiro atoms. The van der Waals surface area contributed by atoms with Gasteiger partial charge >= 0.3 is 0 Å². The zero-order valence-corrected chi connectivity index (χ0v) is 16.6. The van der Waals surface area contributed by atoms with Crippen molar-refractivity contribution in [2.24, 2.45) is 11.3 Å². The van der Waals surface area contributed by atoms with Gasteiger partial charge in [-0.1, -0.05) is 27.2 Å². The van der Waals surface area contributed by atoms with Gasteiger partial charge < -0.3 is 15.6 Å². The summed E-state index contributed by atoms with van der Waals surface area (Å²) < 4.78 is 2.37. The molecule has 2 heterocycles. The van der Waals surface area contributed by atoms with E-state index < -0.39 is 0 Å². The molecule has 2 aliphatic carbocycles. The normalized spacial score (nSPS) is 22.0. The van der Waals surface area contributed by atoms with Gasteiger partial charge in [0, 0.05) is 11.5 Å². The van der Waals surface area contributed by atoms with Gasteiger partial charge in [-0.3, -0.25) is 4.79 Å². The van der Waals surface area contributed by atoms with E-state index in [0.717, 1.165) is 30.5 Å². The molecule has 3 atom stereocenters. The molecule has 1 fully saturated rings. The SMILES string of the molecule is CC(C)(C)[C@@H](CO)NC(=O)c1nn(-c2c[n+]([O-])ccn2)c2c1C[C@@H]1CCC[C@H]21. The Labute approximate surface area is 164 Å². The second-order valence-corrected chi connectivity index (χ2v) is 8.97. The van der Waals surface area contributed by atoms with Gasteiger partial charge in [-0.25, -0.2) is 9.67 Å². The van der Waals surface area contributed by atoms with Crippen molar-refractivity contribution < 1.29 is 14.6 Å². The van der Waals surface area contributed by atoms with Gasteiger partial charge in [-0.05, 0) is 30.6 Å². The summed E-state index contributed by atoms with van der Waals surface area (Å²) in [7, 11) is 0. The topological polar surface area (TPSA) is 107 Å². The minimum absolute atomic E-state index is 0.139. The molecular weight excluding hydrogens is 358 g/mol. The number of hydrogen-bond donors (Lipinski definition) is 2. The number of aliphatic hydroxyl groups is 1. The second kappa shape index (κ2) is 6.84. The van der Waals surface area contributed by atoms with Crippen LogP contribution in [-0.4, -0.2) is 38.4 Å². The van der Waals surface area contributed by atoms with E-state index in [2.05, 4.69) is 15.4 Å². The monoisotopic (exact) mass is 385 g/mol. The molecule has 1 amide bonds. The fourth-order valence-corrected chi connectivity index (χ4v) is 4.54. The Morgan fingerprint density at radius 1 is 1.46 bits per heavy atom. The van der Waals surface area contributed by atoms with Crippen molar-refractivity contribution in [1.29, 1.82) is 0 Å². The minimum Gasteiger partial charge on any atom is -0.619 e. The number of rotatable bonds is 4. The van der Waals surface area contributed by atoms with E-state index in [0.29, 0.717) is 28.1 Å². The van der Waals surface area contributed by atoms with Crippen molar-refractivity contribution in [1.82, 2.24) is 20.1 Å². The van der Waals surface area contributed by atoms with E-state index >= 15 is 0 Å². The summed E-state index contributed by atoms with van der Waals surface area (Å²) in [5.74, 6) is 1.01. The van der Waals surface area contributed by atoms with E-state index in [1.807, 2.05) is 20.8 Å². The first kappa shape index (κ1) is 18.9. The van der Waals surface area contributed by atoms with Crippen LogP contribution in [0.15, 0.2) is 18.6 Å². The van der Waals surface area contributed by atoms with E-state index in [1.165, 1.54) is 25.0 Å². The number of aliphatic hydroxyl groups excluding tert-OH is 1. The summed E-state index contributed by atoms with van der Waals surface area (Å²) in [6.07, 6.45) is 8.35. The Kier molecular flexibility index (Phi) is 4.61. The molecule has 28 heavy (non-hydrogen) atoms. The Bertz CT molecular complexity index is 902. The molecule has 2 N–H and O–H groups in total. The summed E-state index contributed by atoms with van der Waals surface area (Å²) in [5, 5.41) is 29.0. The molecule has 0 aromatic carbocycles. The maximum atomic E-state index is 13.1.